The molecule has 0 aromatic carbocycles. The molecule has 15 heavy (non-hydrogen) atoms. The van der Waals surface area contributed by atoms with E-state index in [1.165, 1.54) is 6.08 Å². The lowest BCUT2D eigenvalue weighted by Crippen LogP contribution is -2.44. The molecule has 0 aromatic heterocycles. The second-order valence-electron chi connectivity index (χ2n) is 3.38. The van der Waals surface area contributed by atoms with Crippen LogP contribution in [-0.4, -0.2) is 36.6 Å². The van der Waals surface area contributed by atoms with Gasteiger partial charge < -0.3 is 15.7 Å². The smallest absolute Gasteiger partial charge is 0.326 e. The van der Waals surface area contributed by atoms with Crippen molar-refractivity contribution < 1.29 is 14.7 Å². The van der Waals surface area contributed by atoms with Crippen molar-refractivity contribution in [2.75, 3.05) is 13.6 Å². The van der Waals surface area contributed by atoms with Crippen molar-refractivity contribution >= 4 is 11.9 Å². The predicted octanol–water partition coefficient (Wildman–Crippen LogP) is -0.0126. The maximum atomic E-state index is 11.5. The number of carbonyl (C=O) groups excluding carboxylic acids is 1. The fourth-order valence-electron chi connectivity index (χ4n) is 1.10. The lowest BCUT2D eigenvalue weighted by Gasteiger charge is -2.16. The molecule has 0 radical (unpaired) electrons. The zero-order valence-electron chi connectivity index (χ0n) is 9.12. The number of nitrogens with one attached hydrogen (secondary N) is 2. The quantitative estimate of drug-likeness (QED) is 0.521. The van der Waals surface area contributed by atoms with Gasteiger partial charge in [0.2, 0.25) is 5.91 Å². The Bertz CT molecular complexity index is 241. The van der Waals surface area contributed by atoms with Gasteiger partial charge in [-0.3, -0.25) is 4.79 Å². The molecule has 86 valence electrons. The van der Waals surface area contributed by atoms with Crippen LogP contribution < -0.4 is 10.6 Å². The number of hydrogen-bond acceptors (Lipinski definition) is 3. The molecule has 0 heterocycles. The minimum atomic E-state index is -1.04. The lowest BCUT2D eigenvalue weighted by atomic mass is 10.1. The van der Waals surface area contributed by atoms with Crippen LogP contribution in [0.25, 0.3) is 0 Å². The Hall–Kier alpha value is -1.36. The highest BCUT2D eigenvalue weighted by Gasteiger charge is 2.21. The monoisotopic (exact) mass is 214 g/mol. The van der Waals surface area contributed by atoms with E-state index in [-0.39, 0.29) is 18.2 Å². The van der Waals surface area contributed by atoms with Crippen molar-refractivity contribution in [3.05, 3.63) is 12.7 Å². The maximum Gasteiger partial charge on any atom is 0.326 e. The Labute approximate surface area is 89.6 Å². The summed E-state index contributed by atoms with van der Waals surface area (Å²) in [7, 11) is 1.74. The van der Waals surface area contributed by atoms with Gasteiger partial charge in [0, 0.05) is 12.5 Å². The number of hydrogen-bond donors (Lipinski definition) is 3. The predicted molar refractivity (Wildman–Crippen MR) is 57.5 cm³/mol. The SMILES string of the molecule is C=CCC(NC(=O)C(C)CNC)C(=O)O. The minimum Gasteiger partial charge on any atom is -0.480 e. The second-order valence-corrected chi connectivity index (χ2v) is 3.38. The highest BCUT2D eigenvalue weighted by atomic mass is 16.4. The second kappa shape index (κ2) is 7.00. The Kier molecular flexibility index (Phi) is 6.37. The third-order valence-corrected chi connectivity index (χ3v) is 1.97. The number of amides is 1. The fourth-order valence-corrected chi connectivity index (χ4v) is 1.10. The average Bonchev–Trinajstić information content (AvgIpc) is 2.17. The van der Waals surface area contributed by atoms with Crippen molar-refractivity contribution in [2.24, 2.45) is 5.92 Å². The summed E-state index contributed by atoms with van der Waals surface area (Å²) in [5, 5.41) is 14.1. The normalized spacial score (nSPS) is 14.0. The highest BCUT2D eigenvalue weighted by Crippen LogP contribution is 1.98. The van der Waals surface area contributed by atoms with Crippen molar-refractivity contribution in [2.45, 2.75) is 19.4 Å². The van der Waals surface area contributed by atoms with Crippen molar-refractivity contribution in [1.82, 2.24) is 10.6 Å². The maximum absolute atomic E-state index is 11.5. The molecule has 0 bridgehead atoms. The summed E-state index contributed by atoms with van der Waals surface area (Å²) < 4.78 is 0. The van der Waals surface area contributed by atoms with Crippen LogP contribution in [0.1, 0.15) is 13.3 Å². The van der Waals surface area contributed by atoms with Crippen molar-refractivity contribution in [1.29, 1.82) is 0 Å². The van der Waals surface area contributed by atoms with Gasteiger partial charge in [-0.25, -0.2) is 4.79 Å². The molecule has 0 aromatic rings. The molecule has 0 rings (SSSR count). The van der Waals surface area contributed by atoms with E-state index in [1.807, 2.05) is 0 Å². The topological polar surface area (TPSA) is 78.4 Å². The molecule has 0 spiro atoms. The summed E-state index contributed by atoms with van der Waals surface area (Å²) in [5.74, 6) is -1.56. The Morgan fingerprint density at radius 1 is 1.53 bits per heavy atom. The molecule has 2 unspecified atom stereocenters. The van der Waals surface area contributed by atoms with E-state index >= 15 is 0 Å². The molecule has 3 N–H and O–H groups in total. The van der Waals surface area contributed by atoms with E-state index in [4.69, 9.17) is 5.11 Å². The molecular formula is C10H18N2O3. The Morgan fingerprint density at radius 3 is 2.53 bits per heavy atom. The van der Waals surface area contributed by atoms with E-state index in [0.717, 1.165) is 0 Å². The van der Waals surface area contributed by atoms with Gasteiger partial charge in [-0.15, -0.1) is 6.58 Å². The molecule has 0 fully saturated rings. The van der Waals surface area contributed by atoms with Crippen LogP contribution >= 0.6 is 0 Å². The number of carboxylic acid groups (broad SMARTS) is 1. The van der Waals surface area contributed by atoms with Crippen LogP contribution in [0.3, 0.4) is 0 Å². The number of carbonyl (C=O) groups is 2. The van der Waals surface area contributed by atoms with Gasteiger partial charge in [0.15, 0.2) is 0 Å². The standard InChI is InChI=1S/C10H18N2O3/c1-4-5-8(10(14)15)12-9(13)7(2)6-11-3/h4,7-8,11H,1,5-6H2,2-3H3,(H,12,13)(H,14,15). The third-order valence-electron chi connectivity index (χ3n) is 1.97. The molecule has 5 nitrogen and oxygen atoms in total. The summed E-state index contributed by atoms with van der Waals surface area (Å²) in [6, 6.07) is -0.880. The fraction of sp³-hybridized carbons (Fsp3) is 0.600. The van der Waals surface area contributed by atoms with Gasteiger partial charge in [-0.1, -0.05) is 13.0 Å². The van der Waals surface area contributed by atoms with Gasteiger partial charge in [0.1, 0.15) is 6.04 Å². The van der Waals surface area contributed by atoms with Crippen LogP contribution in [0.15, 0.2) is 12.7 Å². The first-order valence-corrected chi connectivity index (χ1v) is 4.81. The molecule has 2 atom stereocenters. The molecule has 0 saturated carbocycles. The van der Waals surface area contributed by atoms with Crippen LogP contribution in [0.5, 0.6) is 0 Å². The zero-order valence-corrected chi connectivity index (χ0v) is 9.12. The van der Waals surface area contributed by atoms with Gasteiger partial charge >= 0.3 is 5.97 Å². The lowest BCUT2D eigenvalue weighted by molar-refractivity contribution is -0.142. The van der Waals surface area contributed by atoms with Gasteiger partial charge in [0.25, 0.3) is 0 Å². The van der Waals surface area contributed by atoms with Crippen LogP contribution in [0.4, 0.5) is 0 Å². The Morgan fingerprint density at radius 2 is 2.13 bits per heavy atom. The van der Waals surface area contributed by atoms with Gasteiger partial charge in [-0.05, 0) is 13.5 Å². The van der Waals surface area contributed by atoms with Crippen molar-refractivity contribution in [3.63, 3.8) is 0 Å². The molecule has 0 aliphatic rings. The number of aliphatic carboxylic acids is 1. The first-order chi connectivity index (χ1) is 7.02. The molecule has 1 amide bonds. The van der Waals surface area contributed by atoms with E-state index in [0.29, 0.717) is 6.54 Å². The molecule has 0 aliphatic heterocycles. The molecule has 0 aliphatic carbocycles. The summed E-state index contributed by atoms with van der Waals surface area (Å²) in [6.07, 6.45) is 1.70. The third kappa shape index (κ3) is 5.17. The molecular weight excluding hydrogens is 196 g/mol. The van der Waals surface area contributed by atoms with Crippen LogP contribution in [0.2, 0.25) is 0 Å². The number of rotatable bonds is 7. The summed E-state index contributed by atoms with van der Waals surface area (Å²) >= 11 is 0. The highest BCUT2D eigenvalue weighted by molar-refractivity contribution is 5.84. The van der Waals surface area contributed by atoms with Crippen molar-refractivity contribution in [3.8, 4) is 0 Å². The van der Waals surface area contributed by atoms with E-state index in [9.17, 15) is 9.59 Å². The van der Waals surface area contributed by atoms with E-state index < -0.39 is 12.0 Å². The number of carboxylic acids is 1. The Balaban J connectivity index is 4.21. The van der Waals surface area contributed by atoms with Crippen LogP contribution in [0, 0.1) is 5.92 Å². The summed E-state index contributed by atoms with van der Waals surface area (Å²) in [6.45, 7) is 5.70. The van der Waals surface area contributed by atoms with Gasteiger partial charge in [-0.2, -0.15) is 0 Å². The van der Waals surface area contributed by atoms with Gasteiger partial charge in [0.05, 0.1) is 0 Å². The average molecular weight is 214 g/mol. The summed E-state index contributed by atoms with van der Waals surface area (Å²) in [4.78, 5) is 22.2. The first-order valence-electron chi connectivity index (χ1n) is 4.81. The minimum absolute atomic E-state index is 0.230. The van der Waals surface area contributed by atoms with E-state index in [1.54, 1.807) is 14.0 Å². The van der Waals surface area contributed by atoms with E-state index in [2.05, 4.69) is 17.2 Å². The largest absolute Gasteiger partial charge is 0.480 e. The summed E-state index contributed by atoms with van der Waals surface area (Å²) in [5.41, 5.74) is 0. The molecule has 0 saturated heterocycles. The molecule has 5 heteroatoms. The van der Waals surface area contributed by atoms with Crippen LogP contribution in [-0.2, 0) is 9.59 Å². The zero-order chi connectivity index (χ0) is 11.8. The first kappa shape index (κ1) is 13.6.